The van der Waals surface area contributed by atoms with Gasteiger partial charge in [0.15, 0.2) is 0 Å². The molecule has 1 unspecified atom stereocenters. The molecular weight excluding hydrogens is 250 g/mol. The Morgan fingerprint density at radius 2 is 2.06 bits per heavy atom. The van der Waals surface area contributed by atoms with Crippen LogP contribution in [0.3, 0.4) is 0 Å². The number of carbonyl (C=O) groups is 1. The van der Waals surface area contributed by atoms with E-state index in [1.54, 1.807) is 0 Å². The fourth-order valence-corrected chi connectivity index (χ4v) is 2.69. The SMILES string of the molecule is O=C(O)CCC1CCCCN1c1ccc(Cl)cc1. The van der Waals surface area contributed by atoms with Crippen LogP contribution in [0.1, 0.15) is 32.1 Å². The van der Waals surface area contributed by atoms with Crippen LogP contribution in [-0.2, 0) is 4.79 Å². The molecule has 1 aliphatic heterocycles. The highest BCUT2D eigenvalue weighted by Gasteiger charge is 2.23. The molecule has 0 radical (unpaired) electrons. The highest BCUT2D eigenvalue weighted by atomic mass is 35.5. The number of hydrogen-bond acceptors (Lipinski definition) is 2. The molecule has 3 nitrogen and oxygen atoms in total. The summed E-state index contributed by atoms with van der Waals surface area (Å²) in [7, 11) is 0. The molecule has 2 rings (SSSR count). The van der Waals surface area contributed by atoms with Gasteiger partial charge in [0.25, 0.3) is 0 Å². The summed E-state index contributed by atoms with van der Waals surface area (Å²) in [6.07, 6.45) is 4.41. The van der Waals surface area contributed by atoms with E-state index < -0.39 is 5.97 Å². The average Bonchev–Trinajstić information content (AvgIpc) is 2.38. The van der Waals surface area contributed by atoms with Crippen molar-refractivity contribution in [3.63, 3.8) is 0 Å². The third kappa shape index (κ3) is 3.39. The number of anilines is 1. The Bertz CT molecular complexity index is 405. The van der Waals surface area contributed by atoms with E-state index in [0.717, 1.165) is 30.1 Å². The topological polar surface area (TPSA) is 40.5 Å². The highest BCUT2D eigenvalue weighted by molar-refractivity contribution is 6.30. The maximum atomic E-state index is 10.7. The quantitative estimate of drug-likeness (QED) is 0.907. The molecule has 0 saturated carbocycles. The van der Waals surface area contributed by atoms with Crippen molar-refractivity contribution in [2.24, 2.45) is 0 Å². The van der Waals surface area contributed by atoms with Crippen LogP contribution in [0.15, 0.2) is 24.3 Å². The van der Waals surface area contributed by atoms with E-state index in [9.17, 15) is 4.79 Å². The minimum atomic E-state index is -0.711. The number of halogens is 1. The summed E-state index contributed by atoms with van der Waals surface area (Å²) in [5.74, 6) is -0.711. The van der Waals surface area contributed by atoms with Gasteiger partial charge in [-0.3, -0.25) is 4.79 Å². The van der Waals surface area contributed by atoms with E-state index in [4.69, 9.17) is 16.7 Å². The van der Waals surface area contributed by atoms with Crippen LogP contribution >= 0.6 is 11.6 Å². The first-order valence-corrected chi connectivity index (χ1v) is 6.78. The van der Waals surface area contributed by atoms with Gasteiger partial charge < -0.3 is 10.0 Å². The van der Waals surface area contributed by atoms with E-state index in [0.29, 0.717) is 6.04 Å². The van der Waals surface area contributed by atoms with Crippen LogP contribution in [-0.4, -0.2) is 23.7 Å². The predicted molar refractivity (Wildman–Crippen MR) is 73.3 cm³/mol. The number of piperidine rings is 1. The Morgan fingerprint density at radius 3 is 2.72 bits per heavy atom. The number of carboxylic acid groups (broad SMARTS) is 1. The van der Waals surface area contributed by atoms with Crippen molar-refractivity contribution in [2.45, 2.75) is 38.1 Å². The lowest BCUT2D eigenvalue weighted by molar-refractivity contribution is -0.137. The van der Waals surface area contributed by atoms with Crippen molar-refractivity contribution in [3.05, 3.63) is 29.3 Å². The molecule has 0 bridgehead atoms. The van der Waals surface area contributed by atoms with Crippen LogP contribution in [0.25, 0.3) is 0 Å². The molecule has 0 amide bonds. The zero-order chi connectivity index (χ0) is 13.0. The third-order valence-corrected chi connectivity index (χ3v) is 3.73. The van der Waals surface area contributed by atoms with Crippen LogP contribution in [0.5, 0.6) is 0 Å². The van der Waals surface area contributed by atoms with Gasteiger partial charge in [0.2, 0.25) is 0 Å². The molecule has 0 spiro atoms. The molecular formula is C14H18ClNO2. The van der Waals surface area contributed by atoms with Gasteiger partial charge in [-0.1, -0.05) is 11.6 Å². The molecule has 1 aromatic carbocycles. The zero-order valence-electron chi connectivity index (χ0n) is 10.3. The Labute approximate surface area is 112 Å². The molecule has 1 aromatic rings. The second-order valence-electron chi connectivity index (χ2n) is 4.75. The van der Waals surface area contributed by atoms with Gasteiger partial charge in [0.05, 0.1) is 0 Å². The molecule has 4 heteroatoms. The van der Waals surface area contributed by atoms with Crippen LogP contribution in [0.4, 0.5) is 5.69 Å². The number of carboxylic acids is 1. The Hall–Kier alpha value is -1.22. The number of hydrogen-bond donors (Lipinski definition) is 1. The number of nitrogens with zero attached hydrogens (tertiary/aromatic N) is 1. The maximum absolute atomic E-state index is 10.7. The summed E-state index contributed by atoms with van der Waals surface area (Å²) in [5.41, 5.74) is 1.15. The Kier molecular flexibility index (Phi) is 4.48. The lowest BCUT2D eigenvalue weighted by Gasteiger charge is -2.37. The first kappa shape index (κ1) is 13.2. The summed E-state index contributed by atoms with van der Waals surface area (Å²) in [4.78, 5) is 13.0. The largest absolute Gasteiger partial charge is 0.481 e. The van der Waals surface area contributed by atoms with E-state index in [-0.39, 0.29) is 6.42 Å². The molecule has 18 heavy (non-hydrogen) atoms. The molecule has 98 valence electrons. The Balaban J connectivity index is 2.07. The lowest BCUT2D eigenvalue weighted by atomic mass is 9.97. The lowest BCUT2D eigenvalue weighted by Crippen LogP contribution is -2.39. The summed E-state index contributed by atoms with van der Waals surface area (Å²) in [6.45, 7) is 1.01. The normalized spacial score (nSPS) is 19.8. The van der Waals surface area contributed by atoms with Crippen molar-refractivity contribution in [3.8, 4) is 0 Å². The molecule has 1 heterocycles. The summed E-state index contributed by atoms with van der Waals surface area (Å²) in [5, 5.41) is 9.54. The summed E-state index contributed by atoms with van der Waals surface area (Å²) in [6, 6.07) is 8.15. The van der Waals surface area contributed by atoms with Gasteiger partial charge in [-0.25, -0.2) is 0 Å². The third-order valence-electron chi connectivity index (χ3n) is 3.48. The van der Waals surface area contributed by atoms with E-state index in [2.05, 4.69) is 4.90 Å². The average molecular weight is 268 g/mol. The van der Waals surface area contributed by atoms with Crippen LogP contribution in [0.2, 0.25) is 5.02 Å². The van der Waals surface area contributed by atoms with E-state index in [1.807, 2.05) is 24.3 Å². The van der Waals surface area contributed by atoms with Crippen LogP contribution < -0.4 is 4.90 Å². The second kappa shape index (κ2) is 6.10. The molecule has 1 fully saturated rings. The van der Waals surface area contributed by atoms with Crippen molar-refractivity contribution < 1.29 is 9.90 Å². The highest BCUT2D eigenvalue weighted by Crippen LogP contribution is 2.28. The molecule has 1 aliphatic rings. The first-order valence-electron chi connectivity index (χ1n) is 6.41. The van der Waals surface area contributed by atoms with Gasteiger partial charge in [-0.2, -0.15) is 0 Å². The number of aliphatic carboxylic acids is 1. The second-order valence-corrected chi connectivity index (χ2v) is 5.19. The predicted octanol–water partition coefficient (Wildman–Crippen LogP) is 3.56. The van der Waals surface area contributed by atoms with Gasteiger partial charge >= 0.3 is 5.97 Å². The van der Waals surface area contributed by atoms with Crippen molar-refractivity contribution in [1.29, 1.82) is 0 Å². The van der Waals surface area contributed by atoms with Gasteiger partial charge in [-0.15, -0.1) is 0 Å². The summed E-state index contributed by atoms with van der Waals surface area (Å²) < 4.78 is 0. The molecule has 0 aromatic heterocycles. The van der Waals surface area contributed by atoms with Gasteiger partial charge in [0.1, 0.15) is 0 Å². The fourth-order valence-electron chi connectivity index (χ4n) is 2.56. The molecule has 0 aliphatic carbocycles. The van der Waals surface area contributed by atoms with Gasteiger partial charge in [0, 0.05) is 29.7 Å². The van der Waals surface area contributed by atoms with Crippen molar-refractivity contribution in [1.82, 2.24) is 0 Å². The van der Waals surface area contributed by atoms with E-state index >= 15 is 0 Å². The molecule has 1 N–H and O–H groups in total. The van der Waals surface area contributed by atoms with E-state index in [1.165, 1.54) is 12.8 Å². The fraction of sp³-hybridized carbons (Fsp3) is 0.500. The molecule has 1 saturated heterocycles. The Morgan fingerprint density at radius 1 is 1.33 bits per heavy atom. The minimum Gasteiger partial charge on any atom is -0.481 e. The van der Waals surface area contributed by atoms with Crippen molar-refractivity contribution >= 4 is 23.3 Å². The number of benzene rings is 1. The monoisotopic (exact) mass is 267 g/mol. The number of rotatable bonds is 4. The standard InChI is InChI=1S/C14H18ClNO2/c15-11-4-6-13(7-5-11)16-10-2-1-3-12(16)8-9-14(17)18/h4-7,12H,1-3,8-10H2,(H,17,18). The van der Waals surface area contributed by atoms with Crippen LogP contribution in [0, 0.1) is 0 Å². The maximum Gasteiger partial charge on any atom is 0.303 e. The minimum absolute atomic E-state index is 0.245. The van der Waals surface area contributed by atoms with Crippen molar-refractivity contribution in [2.75, 3.05) is 11.4 Å². The van der Waals surface area contributed by atoms with Gasteiger partial charge in [-0.05, 0) is 49.9 Å². The first-order chi connectivity index (χ1) is 8.66. The smallest absolute Gasteiger partial charge is 0.303 e. The molecule has 1 atom stereocenters. The zero-order valence-corrected chi connectivity index (χ0v) is 11.1. The summed E-state index contributed by atoms with van der Waals surface area (Å²) >= 11 is 5.89.